The van der Waals surface area contributed by atoms with E-state index in [4.69, 9.17) is 5.11 Å². The van der Waals surface area contributed by atoms with Gasteiger partial charge in [0.05, 0.1) is 18.7 Å². The molecule has 1 aliphatic carbocycles. The Hall–Kier alpha value is -2.26. The molecule has 1 aromatic carbocycles. The third-order valence-corrected chi connectivity index (χ3v) is 5.56. The van der Waals surface area contributed by atoms with E-state index in [1.165, 1.54) is 4.90 Å². The molecule has 2 unspecified atom stereocenters. The lowest BCUT2D eigenvalue weighted by Crippen LogP contribution is -2.56. The van der Waals surface area contributed by atoms with Gasteiger partial charge in [0.2, 0.25) is 0 Å². The predicted molar refractivity (Wildman–Crippen MR) is 96.7 cm³/mol. The molecule has 3 N–H and O–H groups in total. The van der Waals surface area contributed by atoms with Gasteiger partial charge in [0.25, 0.3) is 0 Å². The van der Waals surface area contributed by atoms with Crippen LogP contribution in [-0.2, 0) is 4.79 Å². The van der Waals surface area contributed by atoms with Crippen molar-refractivity contribution in [2.75, 3.05) is 19.6 Å². The summed E-state index contributed by atoms with van der Waals surface area (Å²) in [5.41, 5.74) is 0.0526. The first-order chi connectivity index (χ1) is 13.3. The normalized spacial score (nSPS) is 27.0. The lowest BCUT2D eigenvalue weighted by molar-refractivity contribution is -0.139. The largest absolute Gasteiger partial charge is 0.480 e. The quantitative estimate of drug-likeness (QED) is 0.680. The highest BCUT2D eigenvalue weighted by Crippen LogP contribution is 2.34. The molecule has 154 valence electrons. The fraction of sp³-hybridized carbons (Fsp3) is 0.579. The number of halogens is 2. The Labute approximate surface area is 161 Å². The summed E-state index contributed by atoms with van der Waals surface area (Å²) < 4.78 is 27.7. The number of carbonyl (C=O) groups excluding carboxylic acids is 1. The lowest BCUT2D eigenvalue weighted by atomic mass is 9.85. The van der Waals surface area contributed by atoms with Crippen LogP contribution in [0.1, 0.15) is 37.8 Å². The van der Waals surface area contributed by atoms with Crippen molar-refractivity contribution in [3.63, 3.8) is 0 Å². The van der Waals surface area contributed by atoms with E-state index in [-0.39, 0.29) is 37.2 Å². The third-order valence-electron chi connectivity index (χ3n) is 5.56. The Morgan fingerprint density at radius 1 is 1.29 bits per heavy atom. The topological polar surface area (TPSA) is 93.1 Å². The van der Waals surface area contributed by atoms with E-state index < -0.39 is 35.8 Å². The van der Waals surface area contributed by atoms with Crippen molar-refractivity contribution in [1.29, 1.82) is 0 Å². The Morgan fingerprint density at radius 2 is 2.00 bits per heavy atom. The molecule has 7 nitrogen and oxygen atoms in total. The highest BCUT2D eigenvalue weighted by molar-refractivity contribution is 5.76. The summed E-state index contributed by atoms with van der Waals surface area (Å²) in [4.78, 5) is 26.8. The molecule has 28 heavy (non-hydrogen) atoms. The van der Waals surface area contributed by atoms with Crippen molar-refractivity contribution in [3.05, 3.63) is 35.4 Å². The van der Waals surface area contributed by atoms with Crippen LogP contribution in [0.15, 0.2) is 18.2 Å². The summed E-state index contributed by atoms with van der Waals surface area (Å²) >= 11 is 0. The summed E-state index contributed by atoms with van der Waals surface area (Å²) in [7, 11) is 0. The number of amides is 2. The summed E-state index contributed by atoms with van der Waals surface area (Å²) in [6, 6.07) is 1.89. The second kappa shape index (κ2) is 8.40. The van der Waals surface area contributed by atoms with Gasteiger partial charge >= 0.3 is 12.0 Å². The van der Waals surface area contributed by atoms with Gasteiger partial charge < -0.3 is 20.4 Å². The standard InChI is InChI=1S/C19H25F2N3O4/c1-2-23(10-18(26)27)13-6-12(7-13)22-19(28)24-9-14(25)8-17(24)15-5-11(20)3-4-16(15)21/h3-5,12-14,17,25H,2,6-10H2,1H3,(H,22,28)(H,26,27). The summed E-state index contributed by atoms with van der Waals surface area (Å²) in [6.07, 6.45) is 0.590. The summed E-state index contributed by atoms with van der Waals surface area (Å²) in [5, 5.41) is 21.8. The highest BCUT2D eigenvalue weighted by Gasteiger charge is 2.40. The average molecular weight is 397 g/mol. The number of carboxylic acids is 1. The van der Waals surface area contributed by atoms with Crippen molar-refractivity contribution in [2.24, 2.45) is 0 Å². The minimum Gasteiger partial charge on any atom is -0.480 e. The maximum absolute atomic E-state index is 14.1. The number of rotatable bonds is 6. The van der Waals surface area contributed by atoms with E-state index in [0.717, 1.165) is 18.2 Å². The van der Waals surface area contributed by atoms with Crippen LogP contribution >= 0.6 is 0 Å². The van der Waals surface area contributed by atoms with E-state index in [2.05, 4.69) is 5.32 Å². The molecule has 9 heteroatoms. The van der Waals surface area contributed by atoms with Gasteiger partial charge in [0.1, 0.15) is 11.6 Å². The first-order valence-electron chi connectivity index (χ1n) is 9.44. The molecular formula is C19H25F2N3O4. The zero-order valence-electron chi connectivity index (χ0n) is 15.6. The SMILES string of the molecule is CCN(CC(=O)O)C1CC(NC(=O)N2CC(O)CC2c2cc(F)ccc2F)C1. The zero-order valence-corrected chi connectivity index (χ0v) is 15.6. The number of carboxylic acid groups (broad SMARTS) is 1. The van der Waals surface area contributed by atoms with Crippen molar-refractivity contribution in [2.45, 2.75) is 50.4 Å². The van der Waals surface area contributed by atoms with E-state index in [9.17, 15) is 23.5 Å². The highest BCUT2D eigenvalue weighted by atomic mass is 19.1. The van der Waals surface area contributed by atoms with Crippen LogP contribution in [0.5, 0.6) is 0 Å². The molecule has 1 aliphatic heterocycles. The van der Waals surface area contributed by atoms with Gasteiger partial charge in [-0.2, -0.15) is 0 Å². The number of β-amino-alcohol motifs (C(OH)–C–C–N with tert-alkyl or cyclic N) is 1. The molecule has 1 saturated heterocycles. The number of nitrogens with one attached hydrogen (secondary N) is 1. The Morgan fingerprint density at radius 3 is 2.64 bits per heavy atom. The number of likely N-dealkylation sites (N-methyl/N-ethyl adjacent to an activating group) is 1. The maximum atomic E-state index is 14.1. The minimum atomic E-state index is -0.889. The zero-order chi connectivity index (χ0) is 20.4. The molecule has 0 bridgehead atoms. The first kappa shape index (κ1) is 20.5. The Balaban J connectivity index is 1.61. The number of hydrogen-bond donors (Lipinski definition) is 3. The molecule has 1 saturated carbocycles. The lowest BCUT2D eigenvalue weighted by Gasteiger charge is -2.43. The van der Waals surface area contributed by atoms with E-state index in [1.54, 1.807) is 0 Å². The van der Waals surface area contributed by atoms with Crippen LogP contribution in [0.2, 0.25) is 0 Å². The Kier molecular flexibility index (Phi) is 6.14. The van der Waals surface area contributed by atoms with Gasteiger partial charge in [-0.3, -0.25) is 9.69 Å². The number of aliphatic hydroxyl groups excluding tert-OH is 1. The first-order valence-corrected chi connectivity index (χ1v) is 9.44. The predicted octanol–water partition coefficient (Wildman–Crippen LogP) is 1.72. The fourth-order valence-electron chi connectivity index (χ4n) is 4.04. The second-order valence-corrected chi connectivity index (χ2v) is 7.45. The average Bonchev–Trinajstić information content (AvgIpc) is 2.99. The molecule has 0 radical (unpaired) electrons. The van der Waals surface area contributed by atoms with Crippen LogP contribution in [0, 0.1) is 11.6 Å². The number of urea groups is 1. The number of aliphatic carboxylic acids is 1. The number of likely N-dealkylation sites (tertiary alicyclic amines) is 1. The van der Waals surface area contributed by atoms with Crippen molar-refractivity contribution < 1.29 is 28.6 Å². The molecular weight excluding hydrogens is 372 g/mol. The smallest absolute Gasteiger partial charge is 0.318 e. The summed E-state index contributed by atoms with van der Waals surface area (Å²) in [6.45, 7) is 2.50. The van der Waals surface area contributed by atoms with Crippen LogP contribution in [-0.4, -0.2) is 69.8 Å². The van der Waals surface area contributed by atoms with Crippen LogP contribution in [0.3, 0.4) is 0 Å². The van der Waals surface area contributed by atoms with Crippen molar-refractivity contribution in [3.8, 4) is 0 Å². The molecule has 2 atom stereocenters. The van der Waals surface area contributed by atoms with Crippen molar-refractivity contribution in [1.82, 2.24) is 15.1 Å². The molecule has 2 amide bonds. The molecule has 0 aromatic heterocycles. The number of carbonyl (C=O) groups is 2. The van der Waals surface area contributed by atoms with Gasteiger partial charge in [0.15, 0.2) is 0 Å². The maximum Gasteiger partial charge on any atom is 0.318 e. The number of hydrogen-bond acceptors (Lipinski definition) is 4. The van der Waals surface area contributed by atoms with Crippen LogP contribution < -0.4 is 5.32 Å². The monoisotopic (exact) mass is 397 g/mol. The molecule has 1 aromatic rings. The van der Waals surface area contributed by atoms with Gasteiger partial charge in [-0.25, -0.2) is 13.6 Å². The van der Waals surface area contributed by atoms with E-state index >= 15 is 0 Å². The van der Waals surface area contributed by atoms with Gasteiger partial charge in [-0.15, -0.1) is 0 Å². The fourth-order valence-corrected chi connectivity index (χ4v) is 4.04. The number of benzene rings is 1. The molecule has 0 spiro atoms. The van der Waals surface area contributed by atoms with Crippen molar-refractivity contribution >= 4 is 12.0 Å². The molecule has 3 rings (SSSR count). The minimum absolute atomic E-state index is 0.0406. The summed E-state index contributed by atoms with van der Waals surface area (Å²) in [5.74, 6) is -2.10. The van der Waals surface area contributed by atoms with Gasteiger partial charge in [0, 0.05) is 24.2 Å². The van der Waals surface area contributed by atoms with Gasteiger partial charge in [-0.1, -0.05) is 6.92 Å². The van der Waals surface area contributed by atoms with Crippen LogP contribution in [0.4, 0.5) is 13.6 Å². The van der Waals surface area contributed by atoms with E-state index in [1.807, 2.05) is 11.8 Å². The second-order valence-electron chi connectivity index (χ2n) is 7.45. The number of aliphatic hydroxyl groups is 1. The van der Waals surface area contributed by atoms with Crippen LogP contribution in [0.25, 0.3) is 0 Å². The van der Waals surface area contributed by atoms with Gasteiger partial charge in [-0.05, 0) is 44.0 Å². The van der Waals surface area contributed by atoms with E-state index in [0.29, 0.717) is 19.4 Å². The molecule has 2 fully saturated rings. The molecule has 2 aliphatic rings. The molecule has 1 heterocycles. The third kappa shape index (κ3) is 4.41. The number of nitrogens with zero attached hydrogens (tertiary/aromatic N) is 2. The Bertz CT molecular complexity index is 742.